The smallest absolute Gasteiger partial charge is 0.316 e. The zero-order valence-corrected chi connectivity index (χ0v) is 25.7. The Balaban J connectivity index is 1.22. The van der Waals surface area contributed by atoms with Crippen molar-refractivity contribution in [2.75, 3.05) is 13.7 Å². The second-order valence-electron chi connectivity index (χ2n) is 11.3. The third kappa shape index (κ3) is 5.90. The Kier molecular flexibility index (Phi) is 8.43. The minimum absolute atomic E-state index is 0.189. The van der Waals surface area contributed by atoms with Gasteiger partial charge in [0.05, 0.1) is 25.3 Å². The van der Waals surface area contributed by atoms with Crippen molar-refractivity contribution < 1.29 is 27.9 Å². The first-order valence-corrected chi connectivity index (χ1v) is 15.0. The number of alkyl halides is 3. The van der Waals surface area contributed by atoms with E-state index >= 15 is 4.39 Å². The van der Waals surface area contributed by atoms with E-state index in [0.29, 0.717) is 27.6 Å². The minimum atomic E-state index is -2.47. The average Bonchev–Trinajstić information content (AvgIpc) is 3.62. The first-order chi connectivity index (χ1) is 22.1. The first-order valence-electron chi connectivity index (χ1n) is 14.6. The van der Waals surface area contributed by atoms with E-state index in [-0.39, 0.29) is 37.0 Å². The second-order valence-corrected chi connectivity index (χ2v) is 11.8. The number of hydrogen-bond donors (Lipinski definition) is 1. The number of carbonyl (C=O) groups is 3. The molecule has 2 amide bonds. The molecule has 6 rings (SSSR count). The van der Waals surface area contributed by atoms with Crippen LogP contribution in [0.3, 0.4) is 0 Å². The van der Waals surface area contributed by atoms with Crippen LogP contribution in [-0.2, 0) is 16.1 Å². The number of Topliss-reactive ketones (excluding diaryl/α,β-unsaturated/α-hetero) is 1. The van der Waals surface area contributed by atoms with Crippen LogP contribution in [0.2, 0.25) is 0 Å². The predicted molar refractivity (Wildman–Crippen MR) is 169 cm³/mol. The van der Waals surface area contributed by atoms with Gasteiger partial charge in [-0.3, -0.25) is 14.4 Å². The summed E-state index contributed by atoms with van der Waals surface area (Å²) in [4.78, 5) is 49.1. The number of amides is 2. The number of likely N-dealkylation sites (tertiary alicyclic amines) is 1. The fourth-order valence-electron chi connectivity index (χ4n) is 5.99. The van der Waals surface area contributed by atoms with Gasteiger partial charge in [-0.25, -0.2) is 18.7 Å². The van der Waals surface area contributed by atoms with Crippen LogP contribution in [0.25, 0.3) is 22.0 Å². The zero-order valence-electron chi connectivity index (χ0n) is 25.0. The van der Waals surface area contributed by atoms with Crippen LogP contribution in [-0.4, -0.2) is 68.0 Å². The van der Waals surface area contributed by atoms with Gasteiger partial charge in [-0.1, -0.05) is 60.2 Å². The Bertz CT molecular complexity index is 1870. The maximum atomic E-state index is 16.0. The van der Waals surface area contributed by atoms with Gasteiger partial charge in [0, 0.05) is 47.0 Å². The molecule has 0 radical (unpaired) electrons. The number of ketones is 1. The quantitative estimate of drug-likeness (QED) is 0.200. The number of carbonyl (C=O) groups excluding carboxylic acids is 3. The molecule has 2 unspecified atom stereocenters. The van der Waals surface area contributed by atoms with Gasteiger partial charge >= 0.3 is 6.01 Å². The maximum absolute atomic E-state index is 16.0. The lowest BCUT2D eigenvalue weighted by Gasteiger charge is -2.32. The molecule has 2 aromatic heterocycles. The largest absolute Gasteiger partial charge is 0.467 e. The normalized spacial score (nSPS) is 22.5. The van der Waals surface area contributed by atoms with Crippen molar-refractivity contribution in [1.82, 2.24) is 24.8 Å². The summed E-state index contributed by atoms with van der Waals surface area (Å²) in [5.41, 5.74) is 2.88. The number of ether oxygens (including phenoxy) is 1. The number of nitrogens with zero attached hydrogens (tertiary/aromatic N) is 4. The van der Waals surface area contributed by atoms with Crippen molar-refractivity contribution in [2.45, 2.75) is 43.1 Å². The first kappa shape index (κ1) is 31.1. The van der Waals surface area contributed by atoms with Crippen molar-refractivity contribution in [1.29, 1.82) is 0 Å². The third-order valence-electron chi connectivity index (χ3n) is 8.32. The van der Waals surface area contributed by atoms with Gasteiger partial charge in [-0.05, 0) is 36.3 Å². The molecule has 2 aromatic carbocycles. The molecule has 1 fully saturated rings. The molecule has 1 saturated heterocycles. The Labute approximate surface area is 268 Å². The predicted octanol–water partition coefficient (Wildman–Crippen LogP) is 5.51. The summed E-state index contributed by atoms with van der Waals surface area (Å²) in [5, 5.41) is 0.668. The molecule has 1 aliphatic heterocycles. The van der Waals surface area contributed by atoms with E-state index in [2.05, 4.69) is 15.3 Å². The van der Waals surface area contributed by atoms with Crippen molar-refractivity contribution in [3.05, 3.63) is 102 Å². The summed E-state index contributed by atoms with van der Waals surface area (Å²) < 4.78 is 37.3. The summed E-state index contributed by atoms with van der Waals surface area (Å²) in [7, 11) is 1.47. The fourth-order valence-corrected chi connectivity index (χ4v) is 6.30. The molecule has 1 aliphatic carbocycles. The van der Waals surface area contributed by atoms with Gasteiger partial charge < -0.3 is 19.5 Å². The zero-order chi connectivity index (χ0) is 32.6. The lowest BCUT2D eigenvalue weighted by molar-refractivity contribution is -0.138. The van der Waals surface area contributed by atoms with Crippen LogP contribution in [0.1, 0.15) is 35.2 Å². The van der Waals surface area contributed by atoms with E-state index in [1.165, 1.54) is 20.1 Å². The monoisotopic (exact) mass is 645 g/mol. The van der Waals surface area contributed by atoms with E-state index in [4.69, 9.17) is 16.3 Å². The molecule has 12 heteroatoms. The van der Waals surface area contributed by atoms with E-state index in [0.717, 1.165) is 10.5 Å². The molecule has 4 aromatic rings. The molecule has 3 heterocycles. The minimum Gasteiger partial charge on any atom is -0.467 e. The summed E-state index contributed by atoms with van der Waals surface area (Å²) >= 11 is 6.37. The molecular formula is C34H30ClF2N5O4. The molecule has 9 nitrogen and oxygen atoms in total. The van der Waals surface area contributed by atoms with E-state index in [9.17, 15) is 18.8 Å². The number of fused-ring (bicyclic) bond motifs is 1. The van der Waals surface area contributed by atoms with Crippen molar-refractivity contribution in [3.63, 3.8) is 0 Å². The molecule has 0 spiro atoms. The van der Waals surface area contributed by atoms with Crippen LogP contribution in [0.15, 0.2) is 91.0 Å². The lowest BCUT2D eigenvalue weighted by atomic mass is 9.88. The Morgan fingerprint density at radius 2 is 1.85 bits per heavy atom. The highest BCUT2D eigenvalue weighted by atomic mass is 35.5. The summed E-state index contributed by atoms with van der Waals surface area (Å²) in [5.74, 6) is -2.35. The van der Waals surface area contributed by atoms with Crippen LogP contribution in [0.5, 0.6) is 6.01 Å². The van der Waals surface area contributed by atoms with E-state index < -0.39 is 35.1 Å². The van der Waals surface area contributed by atoms with Gasteiger partial charge in [0.2, 0.25) is 16.9 Å². The Hall–Kier alpha value is -4.90. The lowest BCUT2D eigenvalue weighted by Crippen LogP contribution is -2.49. The number of rotatable bonds is 8. The van der Waals surface area contributed by atoms with Crippen molar-refractivity contribution >= 4 is 40.1 Å². The molecule has 236 valence electrons. The highest BCUT2D eigenvalue weighted by molar-refractivity contribution is 6.26. The van der Waals surface area contributed by atoms with Crippen LogP contribution >= 0.6 is 11.6 Å². The third-order valence-corrected chi connectivity index (χ3v) is 8.75. The van der Waals surface area contributed by atoms with Crippen LogP contribution in [0.4, 0.5) is 8.78 Å². The number of nitrogens with one attached hydrogen (secondary N) is 1. The Morgan fingerprint density at radius 3 is 2.54 bits per heavy atom. The van der Waals surface area contributed by atoms with Gasteiger partial charge in [-0.2, -0.15) is 0 Å². The standard InChI is InChI=1S/C34H30ClF2N5O4/c1-20(43)26-18-41(28-12-11-22(13-25(26)28)23-15-38-33(46-2)39-16-23)19-31(44)42-17-24(36)14-29(42)32(45)40-30-10-6-9-27(34(30,35)37)21-7-4-3-5-8-21/h3-13,15-16,18,24,27,29H,14,17,19H2,1-2H3,(H,40,45)/t24-,27?,29+,34?/m1/s1. The number of hydrogen-bond acceptors (Lipinski definition) is 6. The number of allylic oxidation sites excluding steroid dienone is 4. The summed E-state index contributed by atoms with van der Waals surface area (Å²) in [6.07, 6.45) is 7.64. The van der Waals surface area contributed by atoms with Crippen molar-refractivity contribution in [3.8, 4) is 17.1 Å². The van der Waals surface area contributed by atoms with Gasteiger partial charge in [0.25, 0.3) is 0 Å². The Morgan fingerprint density at radius 1 is 1.11 bits per heavy atom. The second kappa shape index (κ2) is 12.5. The average molecular weight is 646 g/mol. The molecule has 0 bridgehead atoms. The molecule has 4 atom stereocenters. The SMILES string of the molecule is COc1ncc(-c2ccc3c(c2)c(C(C)=O)cn3CC(=O)N2C[C@H](F)C[C@H]2C(=O)NC2=CC=CC(c3ccccc3)C2(F)Cl)cn1. The van der Waals surface area contributed by atoms with E-state index in [1.54, 1.807) is 71.7 Å². The van der Waals surface area contributed by atoms with Gasteiger partial charge in [0.1, 0.15) is 18.8 Å². The maximum Gasteiger partial charge on any atom is 0.316 e. The highest BCUT2D eigenvalue weighted by Crippen LogP contribution is 2.43. The van der Waals surface area contributed by atoms with Crippen molar-refractivity contribution in [2.24, 2.45) is 0 Å². The number of aromatic nitrogens is 3. The molecule has 0 saturated carbocycles. The topological polar surface area (TPSA) is 106 Å². The molecule has 46 heavy (non-hydrogen) atoms. The molecular weight excluding hydrogens is 616 g/mol. The van der Waals surface area contributed by atoms with Gasteiger partial charge in [-0.15, -0.1) is 0 Å². The molecule has 1 N–H and O–H groups in total. The van der Waals surface area contributed by atoms with Crippen LogP contribution < -0.4 is 10.1 Å². The number of methoxy groups -OCH3 is 1. The highest BCUT2D eigenvalue weighted by Gasteiger charge is 2.45. The fraction of sp³-hybridized carbons (Fsp3) is 0.265. The van der Waals surface area contributed by atoms with E-state index in [1.807, 2.05) is 12.1 Å². The van der Waals surface area contributed by atoms with Gasteiger partial charge in [0.15, 0.2) is 5.78 Å². The number of benzene rings is 2. The summed E-state index contributed by atoms with van der Waals surface area (Å²) in [6.45, 7) is 0.873. The summed E-state index contributed by atoms with van der Waals surface area (Å²) in [6, 6.07) is 13.2. The number of halogens is 3. The molecule has 2 aliphatic rings. The van der Waals surface area contributed by atoms with Crippen LogP contribution in [0, 0.1) is 0 Å².